The Morgan fingerprint density at radius 2 is 1.94 bits per heavy atom. The third kappa shape index (κ3) is 4.59. The number of aromatic amines is 1. The molecule has 3 atom stereocenters. The van der Waals surface area contributed by atoms with Crippen molar-refractivity contribution in [1.82, 2.24) is 15.6 Å². The molecule has 0 bridgehead atoms. The topological polar surface area (TPSA) is 68.9 Å². The van der Waals surface area contributed by atoms with Crippen molar-refractivity contribution in [3.8, 4) is 0 Å². The van der Waals surface area contributed by atoms with E-state index in [1.165, 1.54) is 6.08 Å². The van der Waals surface area contributed by atoms with Crippen LogP contribution in [0.1, 0.15) is 48.5 Å². The number of hydrogen-bond donors (Lipinski definition) is 4. The van der Waals surface area contributed by atoms with E-state index in [1.54, 1.807) is 30.5 Å². The molecule has 1 amide bonds. The molecule has 1 aliphatic carbocycles. The molecule has 4 N–H and O–H groups in total. The van der Waals surface area contributed by atoms with Crippen LogP contribution in [-0.4, -0.2) is 34.7 Å². The second-order valence-corrected chi connectivity index (χ2v) is 9.93. The first-order valence-corrected chi connectivity index (χ1v) is 12.0. The summed E-state index contributed by atoms with van der Waals surface area (Å²) in [5, 5.41) is 10.4. The van der Waals surface area contributed by atoms with Crippen LogP contribution in [0.25, 0.3) is 16.6 Å². The summed E-state index contributed by atoms with van der Waals surface area (Å²) in [4.78, 5) is 16.1. The fourth-order valence-corrected chi connectivity index (χ4v) is 5.19. The number of carbonyl (C=O) groups excluding carboxylic acids is 1. The third-order valence-electron chi connectivity index (χ3n) is 6.90. The number of aromatic nitrogens is 1. The number of nitrogens with one attached hydrogen (secondary N) is 4. The Hall–Kier alpha value is -3.13. The fraction of sp³-hybridized carbons (Fsp3) is 0.346. The molecule has 0 spiro atoms. The number of rotatable bonds is 4. The van der Waals surface area contributed by atoms with E-state index in [2.05, 4.69) is 20.9 Å². The Balaban J connectivity index is 1.34. The summed E-state index contributed by atoms with van der Waals surface area (Å²) in [6.07, 6.45) is 1.58. The highest BCUT2D eigenvalue weighted by Gasteiger charge is 2.52. The zero-order chi connectivity index (χ0) is 24.8. The molecule has 5 nitrogen and oxygen atoms in total. The second kappa shape index (κ2) is 8.82. The van der Waals surface area contributed by atoms with E-state index in [1.807, 2.05) is 18.2 Å². The van der Waals surface area contributed by atoms with Crippen molar-refractivity contribution < 1.29 is 18.0 Å². The van der Waals surface area contributed by atoms with Gasteiger partial charge in [0.2, 0.25) is 0 Å². The number of H-pyrrole nitrogens is 1. The Morgan fingerprint density at radius 1 is 1.14 bits per heavy atom. The maximum atomic E-state index is 13.9. The van der Waals surface area contributed by atoms with Gasteiger partial charge in [0.15, 0.2) is 5.54 Å². The molecule has 184 valence electrons. The highest BCUT2D eigenvalue weighted by Crippen LogP contribution is 2.42. The summed E-state index contributed by atoms with van der Waals surface area (Å²) in [5.74, 6) is -0.149. The minimum atomic E-state index is -4.49. The quantitative estimate of drug-likeness (QED) is 0.341. The number of fused-ring (bicyclic) bond motifs is 2. The molecule has 1 saturated carbocycles. The van der Waals surface area contributed by atoms with Gasteiger partial charge in [-0.15, -0.1) is 0 Å². The Kier molecular flexibility index (Phi) is 5.95. The molecule has 1 aromatic heterocycles. The molecule has 0 radical (unpaired) electrons. The molecule has 9 heteroatoms. The van der Waals surface area contributed by atoms with Gasteiger partial charge in [-0.2, -0.15) is 13.2 Å². The van der Waals surface area contributed by atoms with E-state index in [-0.39, 0.29) is 18.0 Å². The normalized spacial score (nSPS) is 24.3. The van der Waals surface area contributed by atoms with Crippen LogP contribution in [0.2, 0.25) is 5.02 Å². The van der Waals surface area contributed by atoms with Gasteiger partial charge < -0.3 is 20.9 Å². The predicted octanol–water partition coefficient (Wildman–Crippen LogP) is 6.24. The largest absolute Gasteiger partial charge is 0.414 e. The van der Waals surface area contributed by atoms with Crippen LogP contribution < -0.4 is 16.0 Å². The van der Waals surface area contributed by atoms with Crippen LogP contribution in [0.3, 0.4) is 0 Å². The highest BCUT2D eigenvalue weighted by molar-refractivity contribution is 6.30. The molecule has 35 heavy (non-hydrogen) atoms. The van der Waals surface area contributed by atoms with Crippen molar-refractivity contribution in [1.29, 1.82) is 0 Å². The van der Waals surface area contributed by atoms with Crippen LogP contribution in [0.15, 0.2) is 54.7 Å². The maximum absolute atomic E-state index is 13.9. The number of anilines is 1. The lowest BCUT2D eigenvalue weighted by molar-refractivity contribution is -0.160. The Bertz CT molecular complexity index is 1300. The molecule has 2 heterocycles. The predicted molar refractivity (Wildman–Crippen MR) is 132 cm³/mol. The average molecular weight is 503 g/mol. The van der Waals surface area contributed by atoms with Gasteiger partial charge in [-0.25, -0.2) is 0 Å². The number of hydrogen-bond acceptors (Lipinski definition) is 3. The highest BCUT2D eigenvalue weighted by atomic mass is 35.5. The number of halogens is 4. The summed E-state index contributed by atoms with van der Waals surface area (Å²) < 4.78 is 41.7. The van der Waals surface area contributed by atoms with E-state index in [9.17, 15) is 18.0 Å². The van der Waals surface area contributed by atoms with Crippen molar-refractivity contribution in [2.45, 2.75) is 56.4 Å². The van der Waals surface area contributed by atoms with E-state index in [4.69, 9.17) is 11.6 Å². The molecule has 3 aromatic rings. The first kappa shape index (κ1) is 23.6. The van der Waals surface area contributed by atoms with Crippen molar-refractivity contribution >= 4 is 39.8 Å². The first-order chi connectivity index (χ1) is 16.6. The van der Waals surface area contributed by atoms with Crippen LogP contribution in [0.4, 0.5) is 18.9 Å². The Labute approximate surface area is 206 Å². The van der Waals surface area contributed by atoms with E-state index < -0.39 is 11.7 Å². The van der Waals surface area contributed by atoms with Crippen LogP contribution in [0.5, 0.6) is 0 Å². The van der Waals surface area contributed by atoms with Gasteiger partial charge in [-0.3, -0.25) is 4.79 Å². The van der Waals surface area contributed by atoms with Gasteiger partial charge in [-0.1, -0.05) is 17.7 Å². The van der Waals surface area contributed by atoms with Crippen molar-refractivity contribution in [3.63, 3.8) is 0 Å². The van der Waals surface area contributed by atoms with E-state index in [0.29, 0.717) is 34.0 Å². The molecule has 1 unspecified atom stereocenters. The molecule has 5 rings (SSSR count). The standard InChI is InChI=1S/C26H26ClF3N4O/c1-25(26(28,29)30)14-23(20-12-15(27)8-9-22(20)34-25)32-16-4-2-5-17(13-16)33-24(35)19-6-3-7-21-18(19)10-11-31-21/h3,6-12,14,16-17,31-32,34H,2,4-5,13H2,1H3,(H,33,35)/t16-,17+,25?/m0/s1. The zero-order valence-corrected chi connectivity index (χ0v) is 19.9. The summed E-state index contributed by atoms with van der Waals surface area (Å²) in [7, 11) is 0. The lowest BCUT2D eigenvalue weighted by Crippen LogP contribution is -2.51. The minimum Gasteiger partial charge on any atom is -0.382 e. The lowest BCUT2D eigenvalue weighted by Gasteiger charge is -2.39. The summed E-state index contributed by atoms with van der Waals surface area (Å²) >= 11 is 6.16. The number of alkyl halides is 3. The second-order valence-electron chi connectivity index (χ2n) is 9.50. The van der Waals surface area contributed by atoms with Gasteiger partial charge in [0.25, 0.3) is 5.91 Å². The fourth-order valence-electron chi connectivity index (χ4n) is 5.02. The molecular formula is C26H26ClF3N4O. The molecule has 0 saturated heterocycles. The molecular weight excluding hydrogens is 477 g/mol. The zero-order valence-electron chi connectivity index (χ0n) is 19.1. The third-order valence-corrected chi connectivity index (χ3v) is 7.13. The van der Waals surface area contributed by atoms with Crippen LogP contribution in [0, 0.1) is 0 Å². The maximum Gasteiger partial charge on any atom is 0.414 e. The van der Waals surface area contributed by atoms with Gasteiger partial charge in [0.05, 0.1) is 0 Å². The monoisotopic (exact) mass is 502 g/mol. The Morgan fingerprint density at radius 3 is 2.74 bits per heavy atom. The number of benzene rings is 2. The summed E-state index contributed by atoms with van der Waals surface area (Å²) in [5.41, 5.74) is 0.653. The van der Waals surface area contributed by atoms with E-state index >= 15 is 0 Å². The summed E-state index contributed by atoms with van der Waals surface area (Å²) in [6.45, 7) is 1.12. The molecule has 1 aliphatic heterocycles. The van der Waals surface area contributed by atoms with Gasteiger partial charge in [-0.05, 0) is 75.1 Å². The van der Waals surface area contributed by atoms with Crippen molar-refractivity contribution in [3.05, 3.63) is 70.9 Å². The van der Waals surface area contributed by atoms with E-state index in [0.717, 1.165) is 37.1 Å². The van der Waals surface area contributed by atoms with Gasteiger partial charge in [0, 0.05) is 56.7 Å². The lowest BCUT2D eigenvalue weighted by atomic mass is 9.88. The van der Waals surface area contributed by atoms with Gasteiger partial charge >= 0.3 is 6.18 Å². The number of amides is 1. The number of carbonyl (C=O) groups is 1. The van der Waals surface area contributed by atoms with Crippen molar-refractivity contribution in [2.24, 2.45) is 0 Å². The average Bonchev–Trinajstić information content (AvgIpc) is 3.28. The molecule has 2 aliphatic rings. The smallest absolute Gasteiger partial charge is 0.382 e. The minimum absolute atomic E-state index is 0.0851. The van der Waals surface area contributed by atoms with Crippen LogP contribution in [-0.2, 0) is 0 Å². The summed E-state index contributed by atoms with van der Waals surface area (Å²) in [6, 6.07) is 12.1. The van der Waals surface area contributed by atoms with Crippen molar-refractivity contribution in [2.75, 3.05) is 5.32 Å². The van der Waals surface area contributed by atoms with Crippen LogP contribution >= 0.6 is 11.6 Å². The SMILES string of the molecule is CC1(C(F)(F)F)C=C(N[C@H]2CCC[C@@H](NC(=O)c3cccc4[nH]ccc34)C2)c2cc(Cl)ccc2N1. The first-order valence-electron chi connectivity index (χ1n) is 11.6. The van der Waals surface area contributed by atoms with Gasteiger partial charge in [0.1, 0.15) is 0 Å². The molecule has 1 fully saturated rings. The molecule has 2 aromatic carbocycles.